The van der Waals surface area contributed by atoms with E-state index < -0.39 is 10.0 Å². The zero-order valence-electron chi connectivity index (χ0n) is 11.9. The van der Waals surface area contributed by atoms with Crippen LogP contribution < -0.4 is 11.3 Å². The summed E-state index contributed by atoms with van der Waals surface area (Å²) in [6.45, 7) is 2.12. The number of hydrazine groups is 1. The molecule has 20 heavy (non-hydrogen) atoms. The highest BCUT2D eigenvalue weighted by molar-refractivity contribution is 7.89. The lowest BCUT2D eigenvalue weighted by molar-refractivity contribution is 0.213. The fraction of sp³-hybridized carbons (Fsp3) is 0.615. The number of rotatable bonds is 4. The topological polar surface area (TPSA) is 88.3 Å². The lowest BCUT2D eigenvalue weighted by atomic mass is 9.86. The summed E-state index contributed by atoms with van der Waals surface area (Å²) >= 11 is 0. The Bertz CT molecular complexity index is 561. The van der Waals surface area contributed by atoms with Gasteiger partial charge in [0.25, 0.3) is 0 Å². The summed E-state index contributed by atoms with van der Waals surface area (Å²) in [5.74, 6) is 6.01. The minimum Gasteiger partial charge on any atom is -0.308 e. The van der Waals surface area contributed by atoms with Crippen molar-refractivity contribution in [2.45, 2.75) is 43.5 Å². The number of aromatic nitrogens is 1. The SMILES string of the molecule is CC1CCCCC1N(C)S(=O)(=O)c1ccnc(NN)c1. The second kappa shape index (κ2) is 6.07. The van der Waals surface area contributed by atoms with Crippen LogP contribution in [0.25, 0.3) is 0 Å². The first-order valence-corrected chi connectivity index (χ1v) is 8.31. The molecule has 1 heterocycles. The highest BCUT2D eigenvalue weighted by Crippen LogP contribution is 2.30. The smallest absolute Gasteiger partial charge is 0.243 e. The first-order valence-electron chi connectivity index (χ1n) is 6.87. The summed E-state index contributed by atoms with van der Waals surface area (Å²) in [4.78, 5) is 4.16. The molecule has 0 amide bonds. The van der Waals surface area contributed by atoms with Crippen LogP contribution in [0.4, 0.5) is 5.82 Å². The third-order valence-electron chi connectivity index (χ3n) is 4.09. The molecule has 2 rings (SSSR count). The molecule has 2 atom stereocenters. The van der Waals surface area contributed by atoms with Gasteiger partial charge < -0.3 is 5.43 Å². The Balaban J connectivity index is 2.28. The van der Waals surface area contributed by atoms with Crippen molar-refractivity contribution < 1.29 is 8.42 Å². The van der Waals surface area contributed by atoms with Crippen molar-refractivity contribution in [2.75, 3.05) is 12.5 Å². The Kier molecular flexibility index (Phi) is 4.62. The van der Waals surface area contributed by atoms with Gasteiger partial charge in [-0.2, -0.15) is 4.31 Å². The molecule has 0 aliphatic heterocycles. The number of sulfonamides is 1. The second-order valence-electron chi connectivity index (χ2n) is 5.37. The van der Waals surface area contributed by atoms with Crippen LogP contribution in [-0.4, -0.2) is 30.8 Å². The van der Waals surface area contributed by atoms with Crippen molar-refractivity contribution in [3.8, 4) is 0 Å². The lowest BCUT2D eigenvalue weighted by Gasteiger charge is -2.35. The van der Waals surface area contributed by atoms with Crippen LogP contribution in [0.15, 0.2) is 23.2 Å². The van der Waals surface area contributed by atoms with E-state index in [1.165, 1.54) is 29.1 Å². The quantitative estimate of drug-likeness (QED) is 0.650. The third-order valence-corrected chi connectivity index (χ3v) is 5.97. The monoisotopic (exact) mass is 298 g/mol. The van der Waals surface area contributed by atoms with Gasteiger partial charge in [-0.05, 0) is 24.8 Å². The van der Waals surface area contributed by atoms with E-state index in [9.17, 15) is 8.42 Å². The molecule has 112 valence electrons. The third kappa shape index (κ3) is 2.94. The maximum absolute atomic E-state index is 12.7. The molecule has 2 unspecified atom stereocenters. The molecule has 0 bridgehead atoms. The molecule has 6 nitrogen and oxygen atoms in total. The van der Waals surface area contributed by atoms with E-state index in [4.69, 9.17) is 5.84 Å². The van der Waals surface area contributed by atoms with Crippen LogP contribution in [0.2, 0.25) is 0 Å². The number of nitrogen functional groups attached to an aromatic ring is 1. The first-order chi connectivity index (χ1) is 9.46. The molecular formula is C13H22N4O2S. The van der Waals surface area contributed by atoms with Crippen molar-refractivity contribution in [3.05, 3.63) is 18.3 Å². The Morgan fingerprint density at radius 1 is 1.40 bits per heavy atom. The number of hydrogen-bond acceptors (Lipinski definition) is 5. The molecule has 0 radical (unpaired) electrons. The van der Waals surface area contributed by atoms with E-state index in [-0.39, 0.29) is 10.9 Å². The number of nitrogens with two attached hydrogens (primary N) is 1. The first kappa shape index (κ1) is 15.2. The molecule has 0 aromatic carbocycles. The molecule has 1 saturated carbocycles. The number of nitrogens with one attached hydrogen (secondary N) is 1. The van der Waals surface area contributed by atoms with Crippen LogP contribution in [0.5, 0.6) is 0 Å². The fourth-order valence-corrected chi connectivity index (χ4v) is 4.33. The summed E-state index contributed by atoms with van der Waals surface area (Å²) in [5, 5.41) is 0. The van der Waals surface area contributed by atoms with Gasteiger partial charge in [-0.3, -0.25) is 0 Å². The Hall–Kier alpha value is -1.18. The summed E-state index contributed by atoms with van der Waals surface area (Å²) in [5.41, 5.74) is 2.37. The Morgan fingerprint density at radius 3 is 2.75 bits per heavy atom. The lowest BCUT2D eigenvalue weighted by Crippen LogP contribution is -2.42. The number of hydrogen-bond donors (Lipinski definition) is 2. The van der Waals surface area contributed by atoms with E-state index in [0.29, 0.717) is 11.7 Å². The zero-order chi connectivity index (χ0) is 14.8. The molecule has 1 aliphatic carbocycles. The summed E-state index contributed by atoms with van der Waals surface area (Å²) in [6, 6.07) is 3.02. The predicted octanol–water partition coefficient (Wildman–Crippen LogP) is 1.57. The van der Waals surface area contributed by atoms with Crippen molar-refractivity contribution in [1.82, 2.24) is 9.29 Å². The molecule has 0 saturated heterocycles. The molecule has 1 fully saturated rings. The molecule has 1 aromatic heterocycles. The average Bonchev–Trinajstić information content (AvgIpc) is 2.47. The maximum atomic E-state index is 12.7. The van der Waals surface area contributed by atoms with E-state index >= 15 is 0 Å². The molecular weight excluding hydrogens is 276 g/mol. The average molecular weight is 298 g/mol. The maximum Gasteiger partial charge on any atom is 0.243 e. The number of pyridine rings is 1. The summed E-state index contributed by atoms with van der Waals surface area (Å²) in [7, 11) is -1.84. The van der Waals surface area contributed by atoms with Gasteiger partial charge in [0.15, 0.2) is 0 Å². The number of nitrogens with zero attached hydrogens (tertiary/aromatic N) is 2. The van der Waals surface area contributed by atoms with Gasteiger partial charge in [-0.1, -0.05) is 19.8 Å². The summed E-state index contributed by atoms with van der Waals surface area (Å²) in [6.07, 6.45) is 5.71. The normalized spacial score (nSPS) is 23.8. The van der Waals surface area contributed by atoms with Gasteiger partial charge in [-0.25, -0.2) is 19.2 Å². The Labute approximate surface area is 120 Å². The standard InChI is InChI=1S/C13H22N4O2S/c1-10-5-3-4-6-12(10)17(2)20(18,19)11-7-8-15-13(9-11)16-14/h7-10,12H,3-6,14H2,1-2H3,(H,15,16). The van der Waals surface area contributed by atoms with Gasteiger partial charge in [0, 0.05) is 25.4 Å². The van der Waals surface area contributed by atoms with Gasteiger partial charge >= 0.3 is 0 Å². The van der Waals surface area contributed by atoms with Gasteiger partial charge in [0.2, 0.25) is 10.0 Å². The molecule has 7 heteroatoms. The molecule has 0 spiro atoms. The predicted molar refractivity (Wildman–Crippen MR) is 78.4 cm³/mol. The van der Waals surface area contributed by atoms with E-state index in [2.05, 4.69) is 17.3 Å². The van der Waals surface area contributed by atoms with Crippen LogP contribution in [-0.2, 0) is 10.0 Å². The minimum absolute atomic E-state index is 0.0659. The highest BCUT2D eigenvalue weighted by Gasteiger charge is 2.33. The zero-order valence-corrected chi connectivity index (χ0v) is 12.7. The van der Waals surface area contributed by atoms with Gasteiger partial charge in [0.05, 0.1) is 4.90 Å². The number of anilines is 1. The van der Waals surface area contributed by atoms with Crippen LogP contribution in [0.1, 0.15) is 32.6 Å². The fourth-order valence-electron chi connectivity index (χ4n) is 2.83. The highest BCUT2D eigenvalue weighted by atomic mass is 32.2. The van der Waals surface area contributed by atoms with Gasteiger partial charge in [-0.15, -0.1) is 0 Å². The summed E-state index contributed by atoms with van der Waals surface area (Å²) < 4.78 is 26.9. The van der Waals surface area contributed by atoms with E-state index in [0.717, 1.165) is 19.3 Å². The van der Waals surface area contributed by atoms with Crippen molar-refractivity contribution in [1.29, 1.82) is 0 Å². The second-order valence-corrected chi connectivity index (χ2v) is 7.37. The van der Waals surface area contributed by atoms with Crippen LogP contribution >= 0.6 is 0 Å². The molecule has 1 aliphatic rings. The van der Waals surface area contributed by atoms with Crippen molar-refractivity contribution in [2.24, 2.45) is 11.8 Å². The van der Waals surface area contributed by atoms with Crippen LogP contribution in [0.3, 0.4) is 0 Å². The van der Waals surface area contributed by atoms with Crippen molar-refractivity contribution >= 4 is 15.8 Å². The minimum atomic E-state index is -3.51. The Morgan fingerprint density at radius 2 is 2.10 bits per heavy atom. The molecule has 3 N–H and O–H groups in total. The van der Waals surface area contributed by atoms with Crippen LogP contribution in [0, 0.1) is 5.92 Å². The van der Waals surface area contributed by atoms with Gasteiger partial charge in [0.1, 0.15) is 5.82 Å². The largest absolute Gasteiger partial charge is 0.308 e. The van der Waals surface area contributed by atoms with E-state index in [1.807, 2.05) is 0 Å². The van der Waals surface area contributed by atoms with Crippen molar-refractivity contribution in [3.63, 3.8) is 0 Å². The molecule has 1 aromatic rings. The van der Waals surface area contributed by atoms with E-state index in [1.54, 1.807) is 7.05 Å².